The molecule has 0 saturated heterocycles. The largest absolute Gasteiger partial charge is 0.497 e. The Morgan fingerprint density at radius 1 is 1.24 bits per heavy atom. The summed E-state index contributed by atoms with van der Waals surface area (Å²) in [6, 6.07) is 5.39. The highest BCUT2D eigenvalue weighted by molar-refractivity contribution is 6.33. The second-order valence-corrected chi connectivity index (χ2v) is 5.39. The average molecular weight is 326 g/mol. The predicted octanol–water partition coefficient (Wildman–Crippen LogP) is 4.80. The predicted molar refractivity (Wildman–Crippen MR) is 87.1 cm³/mol. The molecule has 0 radical (unpaired) electrons. The molecule has 2 aromatic rings. The lowest BCUT2D eigenvalue weighted by molar-refractivity contribution is 0.415. The summed E-state index contributed by atoms with van der Waals surface area (Å²) in [5, 5.41) is 4.25. The Kier molecular flexibility index (Phi) is 5.26. The Labute approximate surface area is 134 Å². The highest BCUT2D eigenvalue weighted by Gasteiger charge is 2.11. The summed E-state index contributed by atoms with van der Waals surface area (Å²) in [7, 11) is 1.61. The molecule has 0 spiro atoms. The number of methoxy groups -OCH3 is 1. The molecular formula is C15H17Cl2N3O. The van der Waals surface area contributed by atoms with E-state index < -0.39 is 0 Å². The minimum Gasteiger partial charge on any atom is -0.497 e. The van der Waals surface area contributed by atoms with Crippen LogP contribution in [0.3, 0.4) is 0 Å². The molecule has 112 valence electrons. The first-order valence-corrected chi connectivity index (χ1v) is 7.44. The number of ether oxygens (including phenoxy) is 1. The number of hydrogen-bond donors (Lipinski definition) is 1. The van der Waals surface area contributed by atoms with Crippen molar-refractivity contribution in [3.05, 3.63) is 39.8 Å². The van der Waals surface area contributed by atoms with Crippen LogP contribution >= 0.6 is 23.2 Å². The van der Waals surface area contributed by atoms with Gasteiger partial charge in [-0.1, -0.05) is 30.1 Å². The number of nitrogens with zero attached hydrogens (tertiary/aromatic N) is 2. The fraction of sp³-hybridized carbons (Fsp3) is 0.333. The Morgan fingerprint density at radius 2 is 2.00 bits per heavy atom. The zero-order valence-corrected chi connectivity index (χ0v) is 13.7. The lowest BCUT2D eigenvalue weighted by atomic mass is 10.2. The second-order valence-electron chi connectivity index (χ2n) is 4.63. The standard InChI is InChI=1S/C15H17Cl2N3O/c1-4-5-13-19-14(17)9(2)15(20-13)18-12-8-10(21-3)6-7-11(12)16/h6-8H,4-5H2,1-3H3,(H,18,19,20). The molecule has 0 bridgehead atoms. The van der Waals surface area contributed by atoms with E-state index in [9.17, 15) is 0 Å². The number of halogens is 2. The van der Waals surface area contributed by atoms with Gasteiger partial charge in [0.25, 0.3) is 0 Å². The van der Waals surface area contributed by atoms with Crippen LogP contribution in [0.15, 0.2) is 18.2 Å². The fourth-order valence-electron chi connectivity index (χ4n) is 1.84. The summed E-state index contributed by atoms with van der Waals surface area (Å²) in [5.74, 6) is 2.09. The molecule has 1 aromatic heterocycles. The molecule has 0 unspecified atom stereocenters. The number of aryl methyl sites for hydroxylation is 1. The quantitative estimate of drug-likeness (QED) is 0.802. The van der Waals surface area contributed by atoms with E-state index in [1.165, 1.54) is 0 Å². The Balaban J connectivity index is 2.38. The van der Waals surface area contributed by atoms with Gasteiger partial charge in [0.2, 0.25) is 0 Å². The van der Waals surface area contributed by atoms with E-state index in [-0.39, 0.29) is 0 Å². The molecule has 0 aliphatic heterocycles. The molecule has 0 aliphatic carbocycles. The molecule has 6 heteroatoms. The molecular weight excluding hydrogens is 309 g/mol. The van der Waals surface area contributed by atoms with Crippen molar-refractivity contribution < 1.29 is 4.74 Å². The maximum atomic E-state index is 6.20. The number of nitrogens with one attached hydrogen (secondary N) is 1. The minimum atomic E-state index is 0.454. The summed E-state index contributed by atoms with van der Waals surface area (Å²) >= 11 is 12.4. The van der Waals surface area contributed by atoms with Crippen molar-refractivity contribution >= 4 is 34.7 Å². The SMILES string of the molecule is CCCc1nc(Cl)c(C)c(Nc2cc(OC)ccc2Cl)n1. The van der Waals surface area contributed by atoms with Crippen molar-refractivity contribution in [2.75, 3.05) is 12.4 Å². The average Bonchev–Trinajstić information content (AvgIpc) is 2.46. The minimum absolute atomic E-state index is 0.454. The van der Waals surface area contributed by atoms with E-state index in [1.807, 2.05) is 13.0 Å². The first kappa shape index (κ1) is 15.9. The molecule has 1 N–H and O–H groups in total. The second kappa shape index (κ2) is 6.96. The van der Waals surface area contributed by atoms with Crippen LogP contribution in [-0.4, -0.2) is 17.1 Å². The highest BCUT2D eigenvalue weighted by Crippen LogP contribution is 2.31. The van der Waals surface area contributed by atoms with E-state index in [2.05, 4.69) is 22.2 Å². The normalized spacial score (nSPS) is 10.5. The van der Waals surface area contributed by atoms with Crippen LogP contribution in [0.4, 0.5) is 11.5 Å². The van der Waals surface area contributed by atoms with Crippen LogP contribution in [0.25, 0.3) is 0 Å². The molecule has 1 aromatic carbocycles. The molecule has 4 nitrogen and oxygen atoms in total. The van der Waals surface area contributed by atoms with Gasteiger partial charge in [-0.15, -0.1) is 0 Å². The van der Waals surface area contributed by atoms with Gasteiger partial charge in [-0.2, -0.15) is 0 Å². The molecule has 0 amide bonds. The first-order chi connectivity index (χ1) is 10.0. The van der Waals surface area contributed by atoms with Crippen molar-refractivity contribution in [2.45, 2.75) is 26.7 Å². The van der Waals surface area contributed by atoms with Crippen molar-refractivity contribution in [1.29, 1.82) is 0 Å². The lowest BCUT2D eigenvalue weighted by Crippen LogP contribution is -2.04. The van der Waals surface area contributed by atoms with Gasteiger partial charge in [0.05, 0.1) is 17.8 Å². The number of benzene rings is 1. The highest BCUT2D eigenvalue weighted by atomic mass is 35.5. The van der Waals surface area contributed by atoms with Gasteiger partial charge >= 0.3 is 0 Å². The van der Waals surface area contributed by atoms with Gasteiger partial charge < -0.3 is 10.1 Å². The van der Waals surface area contributed by atoms with E-state index in [0.29, 0.717) is 21.7 Å². The van der Waals surface area contributed by atoms with Crippen LogP contribution < -0.4 is 10.1 Å². The Morgan fingerprint density at radius 3 is 2.67 bits per heavy atom. The number of hydrogen-bond acceptors (Lipinski definition) is 4. The van der Waals surface area contributed by atoms with E-state index in [0.717, 1.165) is 29.9 Å². The number of aromatic nitrogens is 2. The van der Waals surface area contributed by atoms with Gasteiger partial charge in [0.15, 0.2) is 0 Å². The summed E-state index contributed by atoms with van der Waals surface area (Å²) < 4.78 is 5.21. The van der Waals surface area contributed by atoms with E-state index in [4.69, 9.17) is 27.9 Å². The van der Waals surface area contributed by atoms with Crippen molar-refractivity contribution in [2.24, 2.45) is 0 Å². The molecule has 0 fully saturated rings. The molecule has 21 heavy (non-hydrogen) atoms. The Hall–Kier alpha value is -1.52. The monoisotopic (exact) mass is 325 g/mol. The molecule has 2 rings (SSSR count). The zero-order chi connectivity index (χ0) is 15.4. The maximum Gasteiger partial charge on any atom is 0.138 e. The van der Waals surface area contributed by atoms with Crippen LogP contribution in [0.1, 0.15) is 24.7 Å². The van der Waals surface area contributed by atoms with Gasteiger partial charge in [-0.25, -0.2) is 9.97 Å². The zero-order valence-electron chi connectivity index (χ0n) is 12.2. The van der Waals surface area contributed by atoms with Crippen LogP contribution in [0, 0.1) is 6.92 Å². The molecule has 1 heterocycles. The summed E-state index contributed by atoms with van der Waals surface area (Å²) in [6.07, 6.45) is 1.74. The van der Waals surface area contributed by atoms with Gasteiger partial charge in [0.1, 0.15) is 22.5 Å². The van der Waals surface area contributed by atoms with Crippen LogP contribution in [-0.2, 0) is 6.42 Å². The molecule has 0 aliphatic rings. The van der Waals surface area contributed by atoms with Crippen molar-refractivity contribution in [1.82, 2.24) is 9.97 Å². The smallest absolute Gasteiger partial charge is 0.138 e. The summed E-state index contributed by atoms with van der Waals surface area (Å²) in [4.78, 5) is 8.79. The van der Waals surface area contributed by atoms with E-state index >= 15 is 0 Å². The van der Waals surface area contributed by atoms with Crippen molar-refractivity contribution in [3.8, 4) is 5.75 Å². The summed E-state index contributed by atoms with van der Waals surface area (Å²) in [5.41, 5.74) is 1.51. The third-order valence-corrected chi connectivity index (χ3v) is 3.73. The van der Waals surface area contributed by atoms with Crippen LogP contribution in [0.5, 0.6) is 5.75 Å². The maximum absolute atomic E-state index is 6.20. The third kappa shape index (κ3) is 3.77. The van der Waals surface area contributed by atoms with Gasteiger partial charge in [-0.05, 0) is 25.5 Å². The van der Waals surface area contributed by atoms with Crippen LogP contribution in [0.2, 0.25) is 10.2 Å². The van der Waals surface area contributed by atoms with Crippen molar-refractivity contribution in [3.63, 3.8) is 0 Å². The molecule has 0 atom stereocenters. The molecule has 0 saturated carbocycles. The van der Waals surface area contributed by atoms with Gasteiger partial charge in [0, 0.05) is 18.1 Å². The van der Waals surface area contributed by atoms with Gasteiger partial charge in [-0.3, -0.25) is 0 Å². The van der Waals surface area contributed by atoms with E-state index in [1.54, 1.807) is 19.2 Å². The Bertz CT molecular complexity index is 647. The topological polar surface area (TPSA) is 47.0 Å². The lowest BCUT2D eigenvalue weighted by Gasteiger charge is -2.13. The summed E-state index contributed by atoms with van der Waals surface area (Å²) in [6.45, 7) is 3.94. The first-order valence-electron chi connectivity index (χ1n) is 6.68. The number of rotatable bonds is 5. The fourth-order valence-corrected chi connectivity index (χ4v) is 2.20. The third-order valence-electron chi connectivity index (χ3n) is 3.03. The number of anilines is 2.